The van der Waals surface area contributed by atoms with E-state index in [4.69, 9.17) is 0 Å². The molecule has 0 spiro atoms. The second-order valence-corrected chi connectivity index (χ2v) is 6.38. The Labute approximate surface area is 106 Å². The summed E-state index contributed by atoms with van der Waals surface area (Å²) < 4.78 is 0. The van der Waals surface area contributed by atoms with Gasteiger partial charge in [0, 0.05) is 25.6 Å². The van der Waals surface area contributed by atoms with Gasteiger partial charge in [0.1, 0.15) is 0 Å². The van der Waals surface area contributed by atoms with Crippen LogP contribution in [-0.2, 0) is 4.79 Å². The summed E-state index contributed by atoms with van der Waals surface area (Å²) in [5, 5.41) is 6.47. The molecule has 0 heterocycles. The molecule has 1 rings (SSSR count). The van der Waals surface area contributed by atoms with Crippen LogP contribution in [0.25, 0.3) is 0 Å². The molecule has 0 aromatic rings. The quantitative estimate of drug-likeness (QED) is 0.775. The van der Waals surface area contributed by atoms with E-state index in [0.717, 1.165) is 13.1 Å². The van der Waals surface area contributed by atoms with E-state index in [9.17, 15) is 4.79 Å². The predicted octanol–water partition coefficient (Wildman–Crippen LogP) is 2.46. The third kappa shape index (κ3) is 7.37. The van der Waals surface area contributed by atoms with Crippen LogP contribution in [0.1, 0.15) is 59.3 Å². The Kier molecular flexibility index (Phi) is 5.96. The third-order valence-corrected chi connectivity index (χ3v) is 3.21. The molecule has 0 bridgehead atoms. The first-order valence-corrected chi connectivity index (χ1v) is 6.97. The van der Waals surface area contributed by atoms with Crippen molar-refractivity contribution in [2.24, 2.45) is 5.41 Å². The number of nitrogens with one attached hydrogen (secondary N) is 2. The summed E-state index contributed by atoms with van der Waals surface area (Å²) in [4.78, 5) is 11.6. The van der Waals surface area contributed by atoms with Crippen molar-refractivity contribution in [1.82, 2.24) is 10.6 Å². The van der Waals surface area contributed by atoms with Gasteiger partial charge in [-0.15, -0.1) is 0 Å². The first kappa shape index (κ1) is 14.5. The molecule has 0 radical (unpaired) electrons. The molecule has 0 aromatic heterocycles. The number of carbonyl (C=O) groups excluding carboxylic acids is 1. The Morgan fingerprint density at radius 1 is 1.18 bits per heavy atom. The zero-order chi connectivity index (χ0) is 12.7. The Hall–Kier alpha value is -0.570. The fraction of sp³-hybridized carbons (Fsp3) is 0.929. The highest BCUT2D eigenvalue weighted by Gasteiger charge is 2.14. The van der Waals surface area contributed by atoms with Crippen molar-refractivity contribution in [3.8, 4) is 0 Å². The molecule has 1 amide bonds. The Bertz CT molecular complexity index is 227. The first-order chi connectivity index (χ1) is 7.97. The van der Waals surface area contributed by atoms with Gasteiger partial charge in [-0.1, -0.05) is 40.0 Å². The van der Waals surface area contributed by atoms with Crippen molar-refractivity contribution < 1.29 is 4.79 Å². The van der Waals surface area contributed by atoms with E-state index in [1.165, 1.54) is 32.1 Å². The van der Waals surface area contributed by atoms with Gasteiger partial charge in [0.05, 0.1) is 0 Å². The molecule has 0 aromatic carbocycles. The normalized spacial score (nSPS) is 18.1. The highest BCUT2D eigenvalue weighted by atomic mass is 16.1. The summed E-state index contributed by atoms with van der Waals surface area (Å²) in [6, 6.07) is 0.652. The second-order valence-electron chi connectivity index (χ2n) is 6.38. The molecule has 1 saturated carbocycles. The van der Waals surface area contributed by atoms with Gasteiger partial charge in [0.2, 0.25) is 5.91 Å². The largest absolute Gasteiger partial charge is 0.356 e. The van der Waals surface area contributed by atoms with Crippen LogP contribution in [-0.4, -0.2) is 25.0 Å². The Balaban J connectivity index is 2.03. The maximum absolute atomic E-state index is 11.6. The van der Waals surface area contributed by atoms with Gasteiger partial charge in [-0.3, -0.25) is 4.79 Å². The molecular weight excluding hydrogens is 212 g/mol. The van der Waals surface area contributed by atoms with E-state index >= 15 is 0 Å². The topological polar surface area (TPSA) is 41.1 Å². The summed E-state index contributed by atoms with van der Waals surface area (Å²) in [5.41, 5.74) is 0.173. The highest BCUT2D eigenvalue weighted by Crippen LogP contribution is 2.17. The number of amides is 1. The van der Waals surface area contributed by atoms with Crippen LogP contribution in [0.2, 0.25) is 0 Å². The lowest BCUT2D eigenvalue weighted by Crippen LogP contribution is -2.37. The van der Waals surface area contributed by atoms with Gasteiger partial charge >= 0.3 is 0 Å². The fourth-order valence-electron chi connectivity index (χ4n) is 2.15. The molecule has 17 heavy (non-hydrogen) atoms. The number of hydrogen-bond donors (Lipinski definition) is 2. The lowest BCUT2D eigenvalue weighted by atomic mass is 9.95. The zero-order valence-corrected chi connectivity index (χ0v) is 11.6. The van der Waals surface area contributed by atoms with Crippen LogP contribution in [0.3, 0.4) is 0 Å². The molecule has 0 aliphatic heterocycles. The molecule has 3 heteroatoms. The van der Waals surface area contributed by atoms with E-state index in [-0.39, 0.29) is 11.3 Å². The second kappa shape index (κ2) is 7.00. The molecule has 3 nitrogen and oxygen atoms in total. The SMILES string of the molecule is CC(C)(C)CNC(=O)CCNC1CCCCC1. The van der Waals surface area contributed by atoms with E-state index in [0.29, 0.717) is 12.5 Å². The van der Waals surface area contributed by atoms with Crippen molar-refractivity contribution in [2.75, 3.05) is 13.1 Å². The van der Waals surface area contributed by atoms with Gasteiger partial charge in [-0.25, -0.2) is 0 Å². The average molecular weight is 240 g/mol. The average Bonchev–Trinajstić information content (AvgIpc) is 2.27. The minimum Gasteiger partial charge on any atom is -0.356 e. The molecule has 100 valence electrons. The zero-order valence-electron chi connectivity index (χ0n) is 11.6. The van der Waals surface area contributed by atoms with E-state index < -0.39 is 0 Å². The predicted molar refractivity (Wildman–Crippen MR) is 72.0 cm³/mol. The maximum atomic E-state index is 11.6. The van der Waals surface area contributed by atoms with Crippen molar-refractivity contribution in [2.45, 2.75) is 65.3 Å². The van der Waals surface area contributed by atoms with E-state index in [1.807, 2.05) is 0 Å². The molecular formula is C14H28N2O. The van der Waals surface area contributed by atoms with Crippen LogP contribution < -0.4 is 10.6 Å². The molecule has 1 aliphatic carbocycles. The first-order valence-electron chi connectivity index (χ1n) is 6.97. The summed E-state index contributed by atoms with van der Waals surface area (Å²) in [6.45, 7) is 7.98. The van der Waals surface area contributed by atoms with Crippen molar-refractivity contribution >= 4 is 5.91 Å². The molecule has 0 saturated heterocycles. The molecule has 0 atom stereocenters. The number of carbonyl (C=O) groups is 1. The van der Waals surface area contributed by atoms with Crippen molar-refractivity contribution in [3.63, 3.8) is 0 Å². The van der Waals surface area contributed by atoms with E-state index in [2.05, 4.69) is 31.4 Å². The molecule has 1 fully saturated rings. The minimum absolute atomic E-state index is 0.170. The summed E-state index contributed by atoms with van der Waals surface area (Å²) >= 11 is 0. The fourth-order valence-corrected chi connectivity index (χ4v) is 2.15. The monoisotopic (exact) mass is 240 g/mol. The minimum atomic E-state index is 0.170. The van der Waals surface area contributed by atoms with Gasteiger partial charge in [-0.05, 0) is 18.3 Å². The third-order valence-electron chi connectivity index (χ3n) is 3.21. The van der Waals surface area contributed by atoms with Gasteiger partial charge in [0.15, 0.2) is 0 Å². The van der Waals surface area contributed by atoms with Gasteiger partial charge < -0.3 is 10.6 Å². The number of hydrogen-bond acceptors (Lipinski definition) is 2. The Morgan fingerprint density at radius 3 is 2.41 bits per heavy atom. The summed E-state index contributed by atoms with van der Waals surface area (Å²) in [7, 11) is 0. The van der Waals surface area contributed by atoms with E-state index in [1.54, 1.807) is 0 Å². The van der Waals surface area contributed by atoms with Gasteiger partial charge in [-0.2, -0.15) is 0 Å². The van der Waals surface area contributed by atoms with Crippen molar-refractivity contribution in [3.05, 3.63) is 0 Å². The standard InChI is InChI=1S/C14H28N2O/c1-14(2,3)11-16-13(17)9-10-15-12-7-5-4-6-8-12/h12,15H,4-11H2,1-3H3,(H,16,17). The lowest BCUT2D eigenvalue weighted by molar-refractivity contribution is -0.121. The van der Waals surface area contributed by atoms with Crippen LogP contribution in [0.5, 0.6) is 0 Å². The maximum Gasteiger partial charge on any atom is 0.221 e. The van der Waals surface area contributed by atoms with Crippen LogP contribution >= 0.6 is 0 Å². The van der Waals surface area contributed by atoms with Crippen LogP contribution in [0.15, 0.2) is 0 Å². The smallest absolute Gasteiger partial charge is 0.221 e. The number of rotatable bonds is 5. The summed E-state index contributed by atoms with van der Waals surface area (Å²) in [5.74, 6) is 0.170. The summed E-state index contributed by atoms with van der Waals surface area (Å²) in [6.07, 6.45) is 7.23. The molecule has 1 aliphatic rings. The molecule has 0 unspecified atom stereocenters. The van der Waals surface area contributed by atoms with Crippen LogP contribution in [0, 0.1) is 5.41 Å². The molecule has 2 N–H and O–H groups in total. The lowest BCUT2D eigenvalue weighted by Gasteiger charge is -2.23. The Morgan fingerprint density at radius 2 is 1.82 bits per heavy atom. The van der Waals surface area contributed by atoms with Crippen LogP contribution in [0.4, 0.5) is 0 Å². The van der Waals surface area contributed by atoms with Crippen molar-refractivity contribution in [1.29, 1.82) is 0 Å². The highest BCUT2D eigenvalue weighted by molar-refractivity contribution is 5.76. The van der Waals surface area contributed by atoms with Gasteiger partial charge in [0.25, 0.3) is 0 Å².